The highest BCUT2D eigenvalue weighted by Gasteiger charge is 2.22. The summed E-state index contributed by atoms with van der Waals surface area (Å²) in [6.45, 7) is 3.92. The molecule has 1 aliphatic rings. The van der Waals surface area contributed by atoms with Crippen LogP contribution >= 0.6 is 11.3 Å². The number of amides is 1. The molecule has 1 aromatic carbocycles. The first kappa shape index (κ1) is 16.0. The highest BCUT2D eigenvalue weighted by Crippen LogP contribution is 2.33. The molecular formula is C18H17FN4OS. The van der Waals surface area contributed by atoms with Gasteiger partial charge in [0.15, 0.2) is 0 Å². The predicted octanol–water partition coefficient (Wildman–Crippen LogP) is 3.99. The molecule has 3 aromatic rings. The van der Waals surface area contributed by atoms with Gasteiger partial charge >= 0.3 is 0 Å². The lowest BCUT2D eigenvalue weighted by atomic mass is 10.2. The average molecular weight is 356 g/mol. The van der Waals surface area contributed by atoms with Crippen molar-refractivity contribution in [1.29, 1.82) is 0 Å². The van der Waals surface area contributed by atoms with Crippen molar-refractivity contribution in [2.45, 2.75) is 19.8 Å². The fourth-order valence-corrected chi connectivity index (χ4v) is 3.88. The molecule has 1 aliphatic heterocycles. The number of carbonyl (C=O) groups excluding carboxylic acids is 1. The van der Waals surface area contributed by atoms with E-state index < -0.39 is 11.7 Å². The first-order chi connectivity index (χ1) is 12.1. The van der Waals surface area contributed by atoms with Gasteiger partial charge in [-0.3, -0.25) is 4.79 Å². The highest BCUT2D eigenvalue weighted by atomic mass is 32.1. The van der Waals surface area contributed by atoms with E-state index in [1.165, 1.54) is 12.1 Å². The number of fused-ring (bicyclic) bond motifs is 1. The SMILES string of the molecule is Cc1scc2nc(C(=O)Nc3cccc(F)c3)nc(N3CCCC3)c12. The number of carbonyl (C=O) groups is 1. The van der Waals surface area contributed by atoms with Gasteiger partial charge in [-0.2, -0.15) is 0 Å². The number of halogens is 1. The second kappa shape index (κ2) is 6.40. The maximum Gasteiger partial charge on any atom is 0.293 e. The fraction of sp³-hybridized carbons (Fsp3) is 0.278. The van der Waals surface area contributed by atoms with Crippen molar-refractivity contribution in [3.63, 3.8) is 0 Å². The Morgan fingerprint density at radius 2 is 2.08 bits per heavy atom. The standard InChI is InChI=1S/C18H17FN4OS/c1-11-15-14(10-25-11)21-16(22-17(15)23-7-2-3-8-23)18(24)20-13-6-4-5-12(19)9-13/h4-6,9-10H,2-3,7-8H2,1H3,(H,20,24). The lowest BCUT2D eigenvalue weighted by molar-refractivity contribution is 0.101. The van der Waals surface area contributed by atoms with Crippen LogP contribution in [0.2, 0.25) is 0 Å². The van der Waals surface area contributed by atoms with Crippen molar-refractivity contribution < 1.29 is 9.18 Å². The van der Waals surface area contributed by atoms with E-state index in [0.29, 0.717) is 5.69 Å². The number of rotatable bonds is 3. The van der Waals surface area contributed by atoms with Crippen LogP contribution in [0.15, 0.2) is 29.6 Å². The van der Waals surface area contributed by atoms with Crippen LogP contribution in [0.25, 0.3) is 10.9 Å². The van der Waals surface area contributed by atoms with Crippen molar-refractivity contribution in [2.75, 3.05) is 23.3 Å². The molecule has 0 bridgehead atoms. The van der Waals surface area contributed by atoms with E-state index in [0.717, 1.165) is 47.5 Å². The van der Waals surface area contributed by atoms with Crippen LogP contribution < -0.4 is 10.2 Å². The summed E-state index contributed by atoms with van der Waals surface area (Å²) in [4.78, 5) is 24.9. The summed E-state index contributed by atoms with van der Waals surface area (Å²) in [5.41, 5.74) is 1.17. The van der Waals surface area contributed by atoms with E-state index in [2.05, 4.69) is 20.2 Å². The monoisotopic (exact) mass is 356 g/mol. The molecule has 128 valence electrons. The summed E-state index contributed by atoms with van der Waals surface area (Å²) in [6, 6.07) is 5.78. The van der Waals surface area contributed by atoms with Crippen molar-refractivity contribution in [3.05, 3.63) is 46.2 Å². The van der Waals surface area contributed by atoms with Crippen LogP contribution in [0.5, 0.6) is 0 Å². The number of aryl methyl sites for hydroxylation is 1. The Morgan fingerprint density at radius 1 is 1.28 bits per heavy atom. The van der Waals surface area contributed by atoms with Crippen LogP contribution in [0.1, 0.15) is 28.3 Å². The van der Waals surface area contributed by atoms with Crippen LogP contribution in [0, 0.1) is 12.7 Å². The third-order valence-electron chi connectivity index (χ3n) is 4.31. The predicted molar refractivity (Wildman–Crippen MR) is 98.0 cm³/mol. The van der Waals surface area contributed by atoms with Gasteiger partial charge in [0.05, 0.1) is 10.9 Å². The number of thiophene rings is 1. The molecule has 7 heteroatoms. The second-order valence-corrected chi connectivity index (χ2v) is 7.17. The fourth-order valence-electron chi connectivity index (χ4n) is 3.10. The van der Waals surface area contributed by atoms with Gasteiger partial charge in [-0.25, -0.2) is 14.4 Å². The van der Waals surface area contributed by atoms with Crippen molar-refractivity contribution in [1.82, 2.24) is 9.97 Å². The molecule has 1 amide bonds. The van der Waals surface area contributed by atoms with Gasteiger partial charge in [-0.05, 0) is 38.0 Å². The Morgan fingerprint density at radius 3 is 2.84 bits per heavy atom. The summed E-state index contributed by atoms with van der Waals surface area (Å²) in [6.07, 6.45) is 2.25. The Balaban J connectivity index is 1.73. The first-order valence-electron chi connectivity index (χ1n) is 8.19. The van der Waals surface area contributed by atoms with Gasteiger partial charge in [0.25, 0.3) is 5.91 Å². The Hall–Kier alpha value is -2.54. The molecular weight excluding hydrogens is 339 g/mol. The maximum atomic E-state index is 13.3. The van der Waals surface area contributed by atoms with E-state index in [4.69, 9.17) is 0 Å². The topological polar surface area (TPSA) is 58.1 Å². The van der Waals surface area contributed by atoms with Crippen LogP contribution in [-0.2, 0) is 0 Å². The maximum absolute atomic E-state index is 13.3. The Bertz CT molecular complexity index is 949. The molecule has 0 atom stereocenters. The van der Waals surface area contributed by atoms with Gasteiger partial charge in [0, 0.05) is 29.0 Å². The summed E-state index contributed by atoms with van der Waals surface area (Å²) >= 11 is 1.61. The van der Waals surface area contributed by atoms with E-state index in [1.54, 1.807) is 23.5 Å². The largest absolute Gasteiger partial charge is 0.356 e. The lowest BCUT2D eigenvalue weighted by Gasteiger charge is -2.18. The highest BCUT2D eigenvalue weighted by molar-refractivity contribution is 7.11. The molecule has 4 rings (SSSR count). The van der Waals surface area contributed by atoms with E-state index in [1.807, 2.05) is 12.3 Å². The quantitative estimate of drug-likeness (QED) is 0.771. The molecule has 3 heterocycles. The molecule has 0 radical (unpaired) electrons. The summed E-state index contributed by atoms with van der Waals surface area (Å²) in [5, 5.41) is 5.64. The second-order valence-electron chi connectivity index (χ2n) is 6.08. The van der Waals surface area contributed by atoms with E-state index >= 15 is 0 Å². The minimum Gasteiger partial charge on any atom is -0.356 e. The average Bonchev–Trinajstić information content (AvgIpc) is 3.24. The minimum atomic E-state index is -0.434. The van der Waals surface area contributed by atoms with Crippen molar-refractivity contribution >= 4 is 39.7 Å². The van der Waals surface area contributed by atoms with Crippen LogP contribution in [-0.4, -0.2) is 29.0 Å². The van der Waals surface area contributed by atoms with Crippen molar-refractivity contribution in [2.24, 2.45) is 0 Å². The molecule has 0 aliphatic carbocycles. The Kier molecular flexibility index (Phi) is 4.09. The van der Waals surface area contributed by atoms with Gasteiger partial charge in [-0.1, -0.05) is 6.07 Å². The molecule has 1 saturated heterocycles. The van der Waals surface area contributed by atoms with Crippen molar-refractivity contribution in [3.8, 4) is 0 Å². The first-order valence-corrected chi connectivity index (χ1v) is 9.07. The zero-order valence-electron chi connectivity index (χ0n) is 13.8. The minimum absolute atomic E-state index is 0.108. The Labute approximate surface area is 148 Å². The van der Waals surface area contributed by atoms with E-state index in [9.17, 15) is 9.18 Å². The number of hydrogen-bond donors (Lipinski definition) is 1. The smallest absolute Gasteiger partial charge is 0.293 e. The normalized spacial score (nSPS) is 14.2. The third-order valence-corrected chi connectivity index (χ3v) is 5.21. The van der Waals surface area contributed by atoms with Gasteiger partial charge in [0.1, 0.15) is 11.6 Å². The molecule has 5 nitrogen and oxygen atoms in total. The molecule has 0 saturated carbocycles. The third kappa shape index (κ3) is 3.07. The van der Waals surface area contributed by atoms with Crippen LogP contribution in [0.3, 0.4) is 0 Å². The summed E-state index contributed by atoms with van der Waals surface area (Å²) < 4.78 is 13.3. The zero-order chi connectivity index (χ0) is 17.4. The van der Waals surface area contributed by atoms with E-state index in [-0.39, 0.29) is 5.82 Å². The number of aromatic nitrogens is 2. The summed E-state index contributed by atoms with van der Waals surface area (Å²) in [5.74, 6) is 0.0966. The molecule has 0 unspecified atom stereocenters. The number of benzene rings is 1. The number of hydrogen-bond acceptors (Lipinski definition) is 5. The van der Waals surface area contributed by atoms with Gasteiger partial charge in [-0.15, -0.1) is 11.3 Å². The molecule has 25 heavy (non-hydrogen) atoms. The molecule has 0 spiro atoms. The summed E-state index contributed by atoms with van der Waals surface area (Å²) in [7, 11) is 0. The zero-order valence-corrected chi connectivity index (χ0v) is 14.6. The number of nitrogens with zero attached hydrogens (tertiary/aromatic N) is 3. The molecule has 2 aromatic heterocycles. The molecule has 1 fully saturated rings. The van der Waals surface area contributed by atoms with Crippen LogP contribution in [0.4, 0.5) is 15.9 Å². The van der Waals surface area contributed by atoms with Gasteiger partial charge < -0.3 is 10.2 Å². The number of nitrogens with one attached hydrogen (secondary N) is 1. The lowest BCUT2D eigenvalue weighted by Crippen LogP contribution is -2.23. The molecule has 1 N–H and O–H groups in total. The number of anilines is 2. The van der Waals surface area contributed by atoms with Gasteiger partial charge in [0.2, 0.25) is 5.82 Å².